The van der Waals surface area contributed by atoms with E-state index in [4.69, 9.17) is 5.11 Å². The first-order valence-electron chi connectivity index (χ1n) is 8.20. The molecule has 2 fully saturated rings. The fraction of sp³-hybridized carbons (Fsp3) is 0.812. The number of likely N-dealkylation sites (tertiary alicyclic amines) is 2. The molecule has 0 aromatic heterocycles. The lowest BCUT2D eigenvalue weighted by Gasteiger charge is -2.26. The second kappa shape index (κ2) is 6.67. The van der Waals surface area contributed by atoms with Gasteiger partial charge in [0.15, 0.2) is 0 Å². The molecule has 6 nitrogen and oxygen atoms in total. The van der Waals surface area contributed by atoms with Crippen molar-refractivity contribution in [3.8, 4) is 0 Å². The Labute approximate surface area is 131 Å². The van der Waals surface area contributed by atoms with E-state index in [0.717, 1.165) is 12.8 Å². The first-order valence-corrected chi connectivity index (χ1v) is 8.20. The molecule has 2 aliphatic heterocycles. The van der Waals surface area contributed by atoms with Gasteiger partial charge < -0.3 is 14.9 Å². The van der Waals surface area contributed by atoms with Crippen LogP contribution < -0.4 is 0 Å². The zero-order valence-electron chi connectivity index (χ0n) is 13.6. The molecule has 2 amide bonds. The van der Waals surface area contributed by atoms with E-state index in [0.29, 0.717) is 13.1 Å². The molecule has 3 atom stereocenters. The molecule has 2 heterocycles. The van der Waals surface area contributed by atoms with Crippen LogP contribution in [0.3, 0.4) is 0 Å². The van der Waals surface area contributed by atoms with Crippen LogP contribution in [0.2, 0.25) is 0 Å². The van der Waals surface area contributed by atoms with Gasteiger partial charge in [0.2, 0.25) is 11.8 Å². The van der Waals surface area contributed by atoms with Gasteiger partial charge in [-0.2, -0.15) is 0 Å². The third kappa shape index (κ3) is 3.10. The Balaban J connectivity index is 2.00. The van der Waals surface area contributed by atoms with Crippen LogP contribution in [0, 0.1) is 17.8 Å². The Morgan fingerprint density at radius 2 is 1.86 bits per heavy atom. The van der Waals surface area contributed by atoms with Gasteiger partial charge in [-0.05, 0) is 18.8 Å². The maximum Gasteiger partial charge on any atom is 0.308 e. The lowest BCUT2D eigenvalue weighted by Crippen LogP contribution is -2.39. The summed E-state index contributed by atoms with van der Waals surface area (Å²) in [5, 5.41) is 9.17. The molecule has 2 saturated heterocycles. The lowest BCUT2D eigenvalue weighted by atomic mass is 9.99. The summed E-state index contributed by atoms with van der Waals surface area (Å²) >= 11 is 0. The van der Waals surface area contributed by atoms with Crippen LogP contribution >= 0.6 is 0 Å². The van der Waals surface area contributed by atoms with Crippen LogP contribution in [-0.2, 0) is 14.4 Å². The molecule has 124 valence electrons. The van der Waals surface area contributed by atoms with Gasteiger partial charge in [0.1, 0.15) is 0 Å². The second-order valence-corrected chi connectivity index (χ2v) is 6.58. The molecular formula is C16H26N2O4. The van der Waals surface area contributed by atoms with Gasteiger partial charge in [0.05, 0.1) is 11.8 Å². The molecular weight excluding hydrogens is 284 g/mol. The van der Waals surface area contributed by atoms with E-state index in [1.54, 1.807) is 4.90 Å². The van der Waals surface area contributed by atoms with Crippen molar-refractivity contribution in [3.63, 3.8) is 0 Å². The van der Waals surface area contributed by atoms with E-state index < -0.39 is 11.9 Å². The first-order chi connectivity index (χ1) is 10.4. The summed E-state index contributed by atoms with van der Waals surface area (Å²) in [5.74, 6) is -1.69. The third-order valence-corrected chi connectivity index (χ3v) is 5.13. The number of carbonyl (C=O) groups is 3. The van der Waals surface area contributed by atoms with Crippen LogP contribution in [0.4, 0.5) is 0 Å². The Kier molecular flexibility index (Phi) is 5.08. The highest BCUT2D eigenvalue weighted by atomic mass is 16.4. The number of nitrogens with zero attached hydrogens (tertiary/aromatic N) is 2. The Bertz CT molecular complexity index is 461. The van der Waals surface area contributed by atoms with E-state index in [9.17, 15) is 14.4 Å². The van der Waals surface area contributed by atoms with Crippen molar-refractivity contribution in [2.24, 2.45) is 17.8 Å². The lowest BCUT2D eigenvalue weighted by molar-refractivity contribution is -0.142. The molecule has 2 rings (SSSR count). The minimum absolute atomic E-state index is 0.0336. The highest BCUT2D eigenvalue weighted by molar-refractivity contribution is 5.90. The summed E-state index contributed by atoms with van der Waals surface area (Å²) in [7, 11) is 0. The van der Waals surface area contributed by atoms with Crippen molar-refractivity contribution >= 4 is 17.8 Å². The molecule has 0 spiro atoms. The fourth-order valence-corrected chi connectivity index (χ4v) is 3.71. The van der Waals surface area contributed by atoms with E-state index in [-0.39, 0.29) is 42.7 Å². The second-order valence-electron chi connectivity index (χ2n) is 6.58. The zero-order chi connectivity index (χ0) is 16.4. The summed E-state index contributed by atoms with van der Waals surface area (Å²) in [4.78, 5) is 39.4. The highest BCUT2D eigenvalue weighted by Crippen LogP contribution is 2.29. The molecule has 0 aliphatic carbocycles. The number of hydrogen-bond acceptors (Lipinski definition) is 3. The smallest absolute Gasteiger partial charge is 0.308 e. The number of amides is 2. The van der Waals surface area contributed by atoms with Crippen molar-refractivity contribution in [3.05, 3.63) is 0 Å². The average molecular weight is 310 g/mol. The van der Waals surface area contributed by atoms with Gasteiger partial charge in [-0.3, -0.25) is 14.4 Å². The van der Waals surface area contributed by atoms with Crippen molar-refractivity contribution < 1.29 is 19.5 Å². The van der Waals surface area contributed by atoms with E-state index >= 15 is 0 Å². The molecule has 22 heavy (non-hydrogen) atoms. The molecule has 0 aromatic rings. The highest BCUT2D eigenvalue weighted by Gasteiger charge is 2.43. The maximum atomic E-state index is 12.6. The standard InChI is InChI=1S/C16H26N2O4/c1-4-12(5-2)18-8-11(6-14(18)19)15(20)17-7-10(3)13(9-17)16(21)22/h10-13H,4-9H2,1-3H3,(H,21,22)/t10-,11?,13-/m1/s1. The molecule has 0 saturated carbocycles. The van der Waals surface area contributed by atoms with Crippen molar-refractivity contribution in [2.45, 2.75) is 46.1 Å². The molecule has 0 bridgehead atoms. The summed E-state index contributed by atoms with van der Waals surface area (Å²) < 4.78 is 0. The Hall–Kier alpha value is -1.59. The minimum atomic E-state index is -0.844. The number of carbonyl (C=O) groups excluding carboxylic acids is 2. The SMILES string of the molecule is CCC(CC)N1CC(C(=O)N2C[C@@H](C)[C@H](C(=O)O)C2)CC1=O. The largest absolute Gasteiger partial charge is 0.481 e. The van der Waals surface area contributed by atoms with Crippen LogP contribution in [0.15, 0.2) is 0 Å². The maximum absolute atomic E-state index is 12.6. The molecule has 1 N–H and O–H groups in total. The molecule has 0 radical (unpaired) electrons. The molecule has 1 unspecified atom stereocenters. The van der Waals surface area contributed by atoms with Crippen LogP contribution in [0.25, 0.3) is 0 Å². The Morgan fingerprint density at radius 3 is 2.36 bits per heavy atom. The molecule has 0 aromatic carbocycles. The predicted molar refractivity (Wildman–Crippen MR) is 81.1 cm³/mol. The summed E-state index contributed by atoms with van der Waals surface area (Å²) in [6, 6.07) is 0.203. The van der Waals surface area contributed by atoms with E-state index in [1.165, 1.54) is 0 Å². The Morgan fingerprint density at radius 1 is 1.23 bits per heavy atom. The number of carboxylic acid groups (broad SMARTS) is 1. The van der Waals surface area contributed by atoms with Gasteiger partial charge in [0.25, 0.3) is 0 Å². The first kappa shape index (κ1) is 16.8. The van der Waals surface area contributed by atoms with Crippen LogP contribution in [0.1, 0.15) is 40.0 Å². The van der Waals surface area contributed by atoms with Gasteiger partial charge >= 0.3 is 5.97 Å². The average Bonchev–Trinajstić information content (AvgIpc) is 3.04. The predicted octanol–water partition coefficient (Wildman–Crippen LogP) is 1.20. The molecule has 2 aliphatic rings. The fourth-order valence-electron chi connectivity index (χ4n) is 3.71. The number of hydrogen-bond donors (Lipinski definition) is 1. The van der Waals surface area contributed by atoms with Crippen molar-refractivity contribution in [1.29, 1.82) is 0 Å². The number of carboxylic acids is 1. The third-order valence-electron chi connectivity index (χ3n) is 5.13. The van der Waals surface area contributed by atoms with E-state index in [1.807, 2.05) is 11.8 Å². The van der Waals surface area contributed by atoms with Gasteiger partial charge in [-0.1, -0.05) is 20.8 Å². The summed E-state index contributed by atoms with van der Waals surface area (Å²) in [6.45, 7) is 7.19. The number of aliphatic carboxylic acids is 1. The normalized spacial score (nSPS) is 28.7. The topological polar surface area (TPSA) is 77.9 Å². The van der Waals surface area contributed by atoms with Gasteiger partial charge in [0, 0.05) is 32.1 Å². The van der Waals surface area contributed by atoms with Crippen molar-refractivity contribution in [1.82, 2.24) is 9.80 Å². The number of rotatable bonds is 5. The minimum Gasteiger partial charge on any atom is -0.481 e. The van der Waals surface area contributed by atoms with Crippen LogP contribution in [-0.4, -0.2) is 58.4 Å². The van der Waals surface area contributed by atoms with Gasteiger partial charge in [-0.25, -0.2) is 0 Å². The van der Waals surface area contributed by atoms with Crippen molar-refractivity contribution in [2.75, 3.05) is 19.6 Å². The monoisotopic (exact) mass is 310 g/mol. The summed E-state index contributed by atoms with van der Waals surface area (Å²) in [5.41, 5.74) is 0. The van der Waals surface area contributed by atoms with Crippen LogP contribution in [0.5, 0.6) is 0 Å². The van der Waals surface area contributed by atoms with Gasteiger partial charge in [-0.15, -0.1) is 0 Å². The quantitative estimate of drug-likeness (QED) is 0.828. The van der Waals surface area contributed by atoms with E-state index in [2.05, 4.69) is 13.8 Å². The summed E-state index contributed by atoms with van der Waals surface area (Å²) in [6.07, 6.45) is 2.05. The molecule has 6 heteroatoms. The zero-order valence-corrected chi connectivity index (χ0v) is 13.6.